The molecule has 108 valence electrons. The fraction of sp³-hybridized carbons (Fsp3) is 0.167. The van der Waals surface area contributed by atoms with E-state index in [-0.39, 0.29) is 6.85 Å². The lowest BCUT2D eigenvalue weighted by molar-refractivity contribution is -0.658. The van der Waals surface area contributed by atoms with E-state index in [0.717, 1.165) is 11.3 Å². The topological polar surface area (TPSA) is 20.3 Å². The summed E-state index contributed by atoms with van der Waals surface area (Å²) in [7, 11) is 2.09. The maximum Gasteiger partial charge on any atom is 0.413 e. The fourth-order valence-corrected chi connectivity index (χ4v) is 3.34. The molecule has 1 aromatic carbocycles. The highest BCUT2D eigenvalue weighted by Crippen LogP contribution is 2.25. The van der Waals surface area contributed by atoms with E-state index >= 15 is 0 Å². The number of rotatable bonds is 1. The first-order valence-electron chi connectivity index (χ1n) is 7.59. The standard InChI is InChI=1S/C18H18BN2O/c1-13-8-9-17(20(3)12-13)21-11-10-16-18(19(21)2)14-6-4-5-7-15(14)22-16/h4-12H,1-3H3/q+1. The molecule has 4 rings (SSSR count). The first-order valence-corrected chi connectivity index (χ1v) is 7.59. The minimum Gasteiger partial charge on any atom is -0.457 e. The van der Waals surface area contributed by atoms with Gasteiger partial charge in [-0.1, -0.05) is 18.2 Å². The molecule has 0 saturated carbocycles. The van der Waals surface area contributed by atoms with Crippen LogP contribution >= 0.6 is 0 Å². The Morgan fingerprint density at radius 3 is 2.77 bits per heavy atom. The molecule has 4 heteroatoms. The fourth-order valence-electron chi connectivity index (χ4n) is 3.34. The summed E-state index contributed by atoms with van der Waals surface area (Å²) in [4.78, 5) is 2.30. The third-order valence-corrected chi connectivity index (χ3v) is 4.40. The van der Waals surface area contributed by atoms with Crippen LogP contribution in [0, 0.1) is 6.92 Å². The molecule has 0 spiro atoms. The molecule has 0 fully saturated rings. The van der Waals surface area contributed by atoms with Gasteiger partial charge in [0.2, 0.25) is 0 Å². The minimum atomic E-state index is 0.234. The minimum absolute atomic E-state index is 0.234. The molecule has 2 aromatic heterocycles. The smallest absolute Gasteiger partial charge is 0.413 e. The SMILES string of the molecule is CB1c2c(oc3ccccc23)C=CN1c1ccc(C)c[n+]1C. The van der Waals surface area contributed by atoms with Gasteiger partial charge in [-0.25, -0.2) is 4.57 Å². The molecule has 3 heterocycles. The van der Waals surface area contributed by atoms with Crippen LogP contribution in [-0.2, 0) is 7.05 Å². The van der Waals surface area contributed by atoms with Gasteiger partial charge in [0, 0.05) is 23.0 Å². The number of pyridine rings is 1. The number of anilines is 1. The zero-order chi connectivity index (χ0) is 15.3. The second-order valence-electron chi connectivity index (χ2n) is 5.95. The first kappa shape index (κ1) is 13.2. The molecule has 0 atom stereocenters. The largest absolute Gasteiger partial charge is 0.457 e. The monoisotopic (exact) mass is 289 g/mol. The first-order chi connectivity index (χ1) is 10.6. The number of hydrogen-bond acceptors (Lipinski definition) is 2. The van der Waals surface area contributed by atoms with Crippen LogP contribution in [0.2, 0.25) is 6.82 Å². The summed E-state index contributed by atoms with van der Waals surface area (Å²) in [5.41, 5.74) is 3.48. The lowest BCUT2D eigenvalue weighted by Crippen LogP contribution is -2.50. The molecule has 0 unspecified atom stereocenters. The van der Waals surface area contributed by atoms with E-state index in [2.05, 4.69) is 72.9 Å². The van der Waals surface area contributed by atoms with Gasteiger partial charge in [0.05, 0.1) is 19.4 Å². The van der Waals surface area contributed by atoms with Gasteiger partial charge in [-0.15, -0.1) is 0 Å². The normalized spacial score (nSPS) is 13.8. The Bertz CT molecular complexity index is 897. The molecule has 0 radical (unpaired) electrons. The molecule has 0 aliphatic carbocycles. The van der Waals surface area contributed by atoms with Crippen molar-refractivity contribution in [2.45, 2.75) is 13.7 Å². The Balaban J connectivity index is 1.86. The second kappa shape index (κ2) is 4.77. The van der Waals surface area contributed by atoms with Gasteiger partial charge >= 0.3 is 6.85 Å². The van der Waals surface area contributed by atoms with E-state index in [1.54, 1.807) is 0 Å². The molecular weight excluding hydrogens is 271 g/mol. The van der Waals surface area contributed by atoms with Gasteiger partial charge < -0.3 is 4.42 Å². The van der Waals surface area contributed by atoms with Crippen LogP contribution in [-0.4, -0.2) is 6.85 Å². The number of fused-ring (bicyclic) bond motifs is 3. The van der Waals surface area contributed by atoms with Gasteiger partial charge in [-0.05, 0) is 31.4 Å². The predicted molar refractivity (Wildman–Crippen MR) is 91.3 cm³/mol. The molecule has 0 N–H and O–H groups in total. The number of benzene rings is 1. The Hall–Kier alpha value is -2.49. The van der Waals surface area contributed by atoms with Crippen molar-refractivity contribution in [2.24, 2.45) is 7.05 Å². The molecule has 0 amide bonds. The molecule has 1 aliphatic heterocycles. The molecule has 0 bridgehead atoms. The summed E-state index contributed by atoms with van der Waals surface area (Å²) < 4.78 is 8.14. The van der Waals surface area contributed by atoms with Crippen molar-refractivity contribution in [3.63, 3.8) is 0 Å². The van der Waals surface area contributed by atoms with Crippen molar-refractivity contribution in [3.8, 4) is 0 Å². The van der Waals surface area contributed by atoms with Crippen LogP contribution in [0.5, 0.6) is 0 Å². The third kappa shape index (κ3) is 1.87. The van der Waals surface area contributed by atoms with Crippen LogP contribution in [0.3, 0.4) is 0 Å². The Morgan fingerprint density at radius 1 is 1.14 bits per heavy atom. The van der Waals surface area contributed by atoms with Crippen LogP contribution in [0.15, 0.2) is 53.2 Å². The van der Waals surface area contributed by atoms with Crippen molar-refractivity contribution in [3.05, 3.63) is 60.1 Å². The van der Waals surface area contributed by atoms with Crippen molar-refractivity contribution in [1.82, 2.24) is 0 Å². The zero-order valence-electron chi connectivity index (χ0n) is 13.1. The van der Waals surface area contributed by atoms with E-state index < -0.39 is 0 Å². The summed E-state index contributed by atoms with van der Waals surface area (Å²) in [6, 6.07) is 12.6. The van der Waals surface area contributed by atoms with Crippen LogP contribution in [0.1, 0.15) is 11.3 Å². The Morgan fingerprint density at radius 2 is 1.95 bits per heavy atom. The molecule has 0 saturated heterocycles. The maximum atomic E-state index is 5.97. The summed E-state index contributed by atoms with van der Waals surface area (Å²) in [5, 5.41) is 1.20. The molecule has 22 heavy (non-hydrogen) atoms. The Kier molecular flexibility index (Phi) is 2.86. The number of furan rings is 1. The lowest BCUT2D eigenvalue weighted by atomic mass is 9.54. The van der Waals surface area contributed by atoms with E-state index in [1.807, 2.05) is 12.1 Å². The molecular formula is C18H18BN2O+. The quantitative estimate of drug-likeness (QED) is 0.507. The number of aromatic nitrogens is 1. The summed E-state index contributed by atoms with van der Waals surface area (Å²) in [6.07, 6.45) is 6.33. The van der Waals surface area contributed by atoms with Crippen molar-refractivity contribution in [2.75, 3.05) is 4.81 Å². The van der Waals surface area contributed by atoms with Crippen molar-refractivity contribution in [1.29, 1.82) is 0 Å². The average Bonchev–Trinajstić information content (AvgIpc) is 2.88. The van der Waals surface area contributed by atoms with E-state index in [4.69, 9.17) is 4.42 Å². The van der Waals surface area contributed by atoms with Gasteiger partial charge in [0.15, 0.2) is 0 Å². The van der Waals surface area contributed by atoms with Gasteiger partial charge in [-0.3, -0.25) is 4.81 Å². The van der Waals surface area contributed by atoms with Crippen molar-refractivity contribution >= 4 is 35.2 Å². The zero-order valence-corrected chi connectivity index (χ0v) is 13.1. The van der Waals surface area contributed by atoms with E-state index in [0.29, 0.717) is 0 Å². The average molecular weight is 289 g/mol. The third-order valence-electron chi connectivity index (χ3n) is 4.40. The number of nitrogens with zero attached hydrogens (tertiary/aromatic N) is 2. The summed E-state index contributed by atoms with van der Waals surface area (Å²) in [5.74, 6) is 2.14. The second-order valence-corrected chi connectivity index (χ2v) is 5.95. The Labute approximate surface area is 130 Å². The van der Waals surface area contributed by atoms with Crippen LogP contribution < -0.4 is 14.8 Å². The molecule has 1 aliphatic rings. The summed E-state index contributed by atoms with van der Waals surface area (Å²) >= 11 is 0. The predicted octanol–water partition coefficient (Wildman–Crippen LogP) is 2.88. The van der Waals surface area contributed by atoms with Crippen LogP contribution in [0.4, 0.5) is 5.82 Å². The highest BCUT2D eigenvalue weighted by Gasteiger charge is 2.36. The number of para-hydroxylation sites is 1. The lowest BCUT2D eigenvalue weighted by Gasteiger charge is -2.22. The molecule has 3 aromatic rings. The van der Waals surface area contributed by atoms with E-state index in [1.165, 1.54) is 22.2 Å². The number of aryl methyl sites for hydroxylation is 2. The maximum absolute atomic E-state index is 5.97. The van der Waals surface area contributed by atoms with E-state index in [9.17, 15) is 0 Å². The van der Waals surface area contributed by atoms with Gasteiger partial charge in [0.1, 0.15) is 11.3 Å². The number of hydrogen-bond donors (Lipinski definition) is 0. The van der Waals surface area contributed by atoms with Crippen molar-refractivity contribution < 1.29 is 8.98 Å². The van der Waals surface area contributed by atoms with Gasteiger partial charge in [0.25, 0.3) is 5.82 Å². The summed E-state index contributed by atoms with van der Waals surface area (Å²) in [6.45, 7) is 4.57. The van der Waals surface area contributed by atoms with Crippen LogP contribution in [0.25, 0.3) is 17.0 Å². The molecule has 3 nitrogen and oxygen atoms in total. The van der Waals surface area contributed by atoms with Gasteiger partial charge in [-0.2, -0.15) is 0 Å². The highest BCUT2D eigenvalue weighted by molar-refractivity contribution is 6.79. The highest BCUT2D eigenvalue weighted by atomic mass is 16.3.